The van der Waals surface area contributed by atoms with Crippen molar-refractivity contribution in [3.63, 3.8) is 0 Å². The molecule has 0 spiro atoms. The standard InChI is InChI=1S/C30H27F5O2/c1-36-16-2-3-21-7-14-26(28(31)17-21)23-11-15-27-24(18-23)10-9-22(29(27)32)8-4-20-5-12-25(13-6-20)37-19-30(33,34)35/h5-7,9-15,17-18H,2-4,8,16,19H2,1H3. The number of halogens is 5. The molecule has 7 heteroatoms. The second-order valence-corrected chi connectivity index (χ2v) is 8.93. The fourth-order valence-electron chi connectivity index (χ4n) is 4.26. The Bertz CT molecular complexity index is 1350. The third kappa shape index (κ3) is 7.07. The van der Waals surface area contributed by atoms with Gasteiger partial charge in [0.05, 0.1) is 0 Å². The Morgan fingerprint density at radius 1 is 0.757 bits per heavy atom. The van der Waals surface area contributed by atoms with Gasteiger partial charge in [0.15, 0.2) is 6.61 Å². The first-order valence-corrected chi connectivity index (χ1v) is 12.0. The van der Waals surface area contributed by atoms with Crippen LogP contribution in [0.15, 0.2) is 72.8 Å². The normalized spacial score (nSPS) is 11.7. The lowest BCUT2D eigenvalue weighted by molar-refractivity contribution is -0.153. The molecule has 0 atom stereocenters. The summed E-state index contributed by atoms with van der Waals surface area (Å²) in [6, 6.07) is 20.2. The number of methoxy groups -OCH3 is 1. The molecule has 2 nitrogen and oxygen atoms in total. The quantitative estimate of drug-likeness (QED) is 0.157. The third-order valence-electron chi connectivity index (χ3n) is 6.20. The Morgan fingerprint density at radius 3 is 2.22 bits per heavy atom. The Balaban J connectivity index is 1.44. The topological polar surface area (TPSA) is 18.5 Å². The zero-order valence-corrected chi connectivity index (χ0v) is 20.4. The lowest BCUT2D eigenvalue weighted by atomic mass is 9.96. The minimum Gasteiger partial charge on any atom is -0.484 e. The first-order chi connectivity index (χ1) is 17.7. The third-order valence-corrected chi connectivity index (χ3v) is 6.20. The Labute approximate surface area is 212 Å². The van der Waals surface area contributed by atoms with Crippen LogP contribution in [0.2, 0.25) is 0 Å². The summed E-state index contributed by atoms with van der Waals surface area (Å²) in [5.41, 5.74) is 3.43. The van der Waals surface area contributed by atoms with Gasteiger partial charge in [-0.3, -0.25) is 0 Å². The average molecular weight is 515 g/mol. The second-order valence-electron chi connectivity index (χ2n) is 8.93. The number of alkyl halides is 3. The maximum atomic E-state index is 15.3. The molecule has 37 heavy (non-hydrogen) atoms. The van der Waals surface area contributed by atoms with Gasteiger partial charge in [0.1, 0.15) is 17.4 Å². The van der Waals surface area contributed by atoms with Crippen molar-refractivity contribution in [1.29, 1.82) is 0 Å². The average Bonchev–Trinajstić information content (AvgIpc) is 2.87. The van der Waals surface area contributed by atoms with E-state index < -0.39 is 12.8 Å². The van der Waals surface area contributed by atoms with Gasteiger partial charge in [0.25, 0.3) is 0 Å². The SMILES string of the molecule is COCCCc1ccc(-c2ccc3c(F)c(CCc4ccc(OCC(F)(F)F)cc4)ccc3c2)c(F)c1. The summed E-state index contributed by atoms with van der Waals surface area (Å²) in [7, 11) is 1.64. The monoisotopic (exact) mass is 514 g/mol. The van der Waals surface area contributed by atoms with Crippen molar-refractivity contribution in [2.45, 2.75) is 31.9 Å². The van der Waals surface area contributed by atoms with Crippen LogP contribution in [-0.4, -0.2) is 26.5 Å². The molecule has 0 saturated heterocycles. The molecule has 4 rings (SSSR count). The Kier molecular flexibility index (Phi) is 8.44. The number of fused-ring (bicyclic) bond motifs is 1. The first kappa shape index (κ1) is 26.6. The van der Waals surface area contributed by atoms with Crippen LogP contribution < -0.4 is 4.74 Å². The Morgan fingerprint density at radius 2 is 1.51 bits per heavy atom. The minimum atomic E-state index is -4.39. The highest BCUT2D eigenvalue weighted by Gasteiger charge is 2.28. The summed E-state index contributed by atoms with van der Waals surface area (Å²) < 4.78 is 76.7. The summed E-state index contributed by atoms with van der Waals surface area (Å²) in [6.45, 7) is -0.725. The van der Waals surface area contributed by atoms with Gasteiger partial charge in [-0.2, -0.15) is 13.2 Å². The number of ether oxygens (including phenoxy) is 2. The molecular weight excluding hydrogens is 487 g/mol. The van der Waals surface area contributed by atoms with Crippen molar-refractivity contribution in [3.8, 4) is 16.9 Å². The molecule has 0 aromatic heterocycles. The molecular formula is C30H27F5O2. The van der Waals surface area contributed by atoms with E-state index in [1.807, 2.05) is 12.1 Å². The Hall–Kier alpha value is -3.45. The van der Waals surface area contributed by atoms with E-state index in [0.717, 1.165) is 24.0 Å². The van der Waals surface area contributed by atoms with E-state index in [9.17, 15) is 17.6 Å². The predicted octanol–water partition coefficient (Wildman–Crippen LogP) is 8.09. The van der Waals surface area contributed by atoms with Gasteiger partial charge in [0, 0.05) is 24.7 Å². The molecule has 0 amide bonds. The van der Waals surface area contributed by atoms with Crippen LogP contribution in [0.1, 0.15) is 23.1 Å². The molecule has 0 fully saturated rings. The van der Waals surface area contributed by atoms with Crippen LogP contribution >= 0.6 is 0 Å². The summed E-state index contributed by atoms with van der Waals surface area (Å²) in [4.78, 5) is 0. The highest BCUT2D eigenvalue weighted by Crippen LogP contribution is 2.30. The van der Waals surface area contributed by atoms with E-state index in [-0.39, 0.29) is 17.4 Å². The lowest BCUT2D eigenvalue weighted by Crippen LogP contribution is -2.19. The van der Waals surface area contributed by atoms with Crippen LogP contribution in [0.3, 0.4) is 0 Å². The fourth-order valence-corrected chi connectivity index (χ4v) is 4.26. The zero-order valence-electron chi connectivity index (χ0n) is 20.4. The van der Waals surface area contributed by atoms with Gasteiger partial charge in [-0.25, -0.2) is 8.78 Å². The number of hydrogen-bond acceptors (Lipinski definition) is 2. The predicted molar refractivity (Wildman–Crippen MR) is 135 cm³/mol. The van der Waals surface area contributed by atoms with Gasteiger partial charge in [-0.05, 0) is 77.6 Å². The summed E-state index contributed by atoms with van der Waals surface area (Å²) >= 11 is 0. The summed E-state index contributed by atoms with van der Waals surface area (Å²) in [5, 5.41) is 1.13. The van der Waals surface area contributed by atoms with Crippen molar-refractivity contribution < 1.29 is 31.4 Å². The zero-order chi connectivity index (χ0) is 26.4. The van der Waals surface area contributed by atoms with Crippen molar-refractivity contribution in [2.75, 3.05) is 20.3 Å². The number of benzene rings is 4. The number of rotatable bonds is 10. The molecule has 0 radical (unpaired) electrons. The van der Waals surface area contributed by atoms with Crippen LogP contribution in [0.4, 0.5) is 22.0 Å². The summed E-state index contributed by atoms with van der Waals surface area (Å²) in [6.07, 6.45) is -1.91. The van der Waals surface area contributed by atoms with Gasteiger partial charge in [-0.1, -0.05) is 48.5 Å². The largest absolute Gasteiger partial charge is 0.484 e. The molecule has 0 N–H and O–H groups in total. The summed E-state index contributed by atoms with van der Waals surface area (Å²) in [5.74, 6) is -0.518. The van der Waals surface area contributed by atoms with Crippen molar-refractivity contribution in [1.82, 2.24) is 0 Å². The molecule has 194 valence electrons. The lowest BCUT2D eigenvalue weighted by Gasteiger charge is -2.11. The van der Waals surface area contributed by atoms with Crippen LogP contribution in [0.25, 0.3) is 21.9 Å². The molecule has 4 aromatic rings. The molecule has 0 aliphatic carbocycles. The number of hydrogen-bond donors (Lipinski definition) is 0. The highest BCUT2D eigenvalue weighted by atomic mass is 19.4. The van der Waals surface area contributed by atoms with E-state index in [1.165, 1.54) is 18.2 Å². The fraction of sp³-hybridized carbons (Fsp3) is 0.267. The maximum absolute atomic E-state index is 15.3. The van der Waals surface area contributed by atoms with E-state index in [0.29, 0.717) is 46.9 Å². The van der Waals surface area contributed by atoms with Gasteiger partial charge < -0.3 is 9.47 Å². The van der Waals surface area contributed by atoms with Crippen molar-refractivity contribution in [2.24, 2.45) is 0 Å². The van der Waals surface area contributed by atoms with Gasteiger partial charge in [-0.15, -0.1) is 0 Å². The molecule has 0 heterocycles. The highest BCUT2D eigenvalue weighted by molar-refractivity contribution is 5.88. The molecule has 0 unspecified atom stereocenters. The molecule has 0 aliphatic heterocycles. The van der Waals surface area contributed by atoms with E-state index in [1.54, 1.807) is 49.6 Å². The van der Waals surface area contributed by atoms with Crippen molar-refractivity contribution >= 4 is 10.8 Å². The van der Waals surface area contributed by atoms with Crippen molar-refractivity contribution in [3.05, 3.63) is 101 Å². The maximum Gasteiger partial charge on any atom is 0.422 e. The van der Waals surface area contributed by atoms with Crippen LogP contribution in [-0.2, 0) is 24.0 Å². The van der Waals surface area contributed by atoms with Crippen LogP contribution in [0.5, 0.6) is 5.75 Å². The smallest absolute Gasteiger partial charge is 0.422 e. The minimum absolute atomic E-state index is 0.130. The molecule has 0 aliphatic rings. The van der Waals surface area contributed by atoms with Gasteiger partial charge >= 0.3 is 6.18 Å². The molecule has 0 saturated carbocycles. The number of aryl methyl sites for hydroxylation is 3. The van der Waals surface area contributed by atoms with E-state index >= 15 is 4.39 Å². The van der Waals surface area contributed by atoms with E-state index in [2.05, 4.69) is 0 Å². The molecule has 4 aromatic carbocycles. The second kappa shape index (κ2) is 11.7. The van der Waals surface area contributed by atoms with Gasteiger partial charge in [0.2, 0.25) is 0 Å². The van der Waals surface area contributed by atoms with Crippen LogP contribution in [0, 0.1) is 11.6 Å². The first-order valence-electron chi connectivity index (χ1n) is 12.0. The molecule has 0 bridgehead atoms. The van der Waals surface area contributed by atoms with E-state index in [4.69, 9.17) is 9.47 Å².